The van der Waals surface area contributed by atoms with Crippen molar-refractivity contribution >= 4 is 29.1 Å². The van der Waals surface area contributed by atoms with Crippen molar-refractivity contribution in [1.29, 1.82) is 0 Å². The zero-order valence-electron chi connectivity index (χ0n) is 18.5. The van der Waals surface area contributed by atoms with Gasteiger partial charge >= 0.3 is 6.18 Å². The minimum atomic E-state index is -4.55. The molecule has 0 radical (unpaired) electrons. The van der Waals surface area contributed by atoms with Gasteiger partial charge in [0.05, 0.1) is 27.5 Å². The molecule has 34 heavy (non-hydrogen) atoms. The van der Waals surface area contributed by atoms with Gasteiger partial charge in [0.1, 0.15) is 0 Å². The monoisotopic (exact) mass is 510 g/mol. The molecule has 5 nitrogen and oxygen atoms in total. The lowest BCUT2D eigenvalue weighted by Crippen LogP contribution is -2.50. The molecular formula is C24H23Cl2F3N4O. The molecule has 1 unspecified atom stereocenters. The summed E-state index contributed by atoms with van der Waals surface area (Å²) in [4.78, 5) is 13.1. The highest BCUT2D eigenvalue weighted by atomic mass is 35.5. The third kappa shape index (κ3) is 4.94. The standard InChI is InChI=1S/C24H23Cl2F3N4O/c1-13-9-15(3-5-16(13)22-20(26)11-31-33(22)2)23(34)32-21-12-30-8-7-17(21)14-4-6-19(25)18(10-14)24(27,28)29/h3-6,9-11,17,21,30H,7-8,12H2,1-2H3,(H,32,34)/t17?,21-/m1/s1. The van der Waals surface area contributed by atoms with Crippen molar-refractivity contribution in [2.75, 3.05) is 13.1 Å². The van der Waals surface area contributed by atoms with Gasteiger partial charge in [-0.1, -0.05) is 35.3 Å². The Morgan fingerprint density at radius 1 is 1.18 bits per heavy atom. The number of amides is 1. The van der Waals surface area contributed by atoms with Crippen LogP contribution < -0.4 is 10.6 Å². The molecule has 180 valence electrons. The van der Waals surface area contributed by atoms with Crippen LogP contribution >= 0.6 is 23.2 Å². The fourth-order valence-electron chi connectivity index (χ4n) is 4.44. The van der Waals surface area contributed by atoms with Crippen molar-refractivity contribution < 1.29 is 18.0 Å². The van der Waals surface area contributed by atoms with E-state index in [0.29, 0.717) is 35.7 Å². The highest BCUT2D eigenvalue weighted by molar-refractivity contribution is 6.33. The number of hydrogen-bond donors (Lipinski definition) is 2. The third-order valence-electron chi connectivity index (χ3n) is 6.16. The third-order valence-corrected chi connectivity index (χ3v) is 6.77. The van der Waals surface area contributed by atoms with Crippen molar-refractivity contribution in [3.05, 3.63) is 74.9 Å². The minimum absolute atomic E-state index is 0.280. The number of piperidine rings is 1. The van der Waals surface area contributed by atoms with Crippen LogP contribution in [0.1, 0.15) is 39.4 Å². The number of hydrogen-bond acceptors (Lipinski definition) is 3. The number of carbonyl (C=O) groups excluding carboxylic acids is 1. The molecule has 4 rings (SSSR count). The number of nitrogens with zero attached hydrogens (tertiary/aromatic N) is 2. The summed E-state index contributed by atoms with van der Waals surface area (Å²) in [5.41, 5.74) is 2.56. The van der Waals surface area contributed by atoms with Gasteiger partial charge in [-0.15, -0.1) is 0 Å². The number of alkyl halides is 3. The normalized spacial score (nSPS) is 18.7. The van der Waals surface area contributed by atoms with Crippen LogP contribution in [0.15, 0.2) is 42.6 Å². The van der Waals surface area contributed by atoms with E-state index in [1.807, 2.05) is 13.0 Å². The van der Waals surface area contributed by atoms with E-state index in [1.165, 1.54) is 6.07 Å². The Balaban J connectivity index is 1.57. The van der Waals surface area contributed by atoms with Crippen LogP contribution in [0.5, 0.6) is 0 Å². The van der Waals surface area contributed by atoms with E-state index in [4.69, 9.17) is 23.2 Å². The molecule has 0 saturated carbocycles. The van der Waals surface area contributed by atoms with Crippen LogP contribution in [-0.4, -0.2) is 34.8 Å². The molecule has 1 amide bonds. The summed E-state index contributed by atoms with van der Waals surface area (Å²) in [5, 5.41) is 10.5. The number of carbonyl (C=O) groups is 1. The van der Waals surface area contributed by atoms with Gasteiger partial charge in [-0.05, 0) is 55.3 Å². The molecule has 1 aromatic heterocycles. The fourth-order valence-corrected chi connectivity index (χ4v) is 4.93. The largest absolute Gasteiger partial charge is 0.417 e. The Morgan fingerprint density at radius 3 is 2.59 bits per heavy atom. The zero-order chi connectivity index (χ0) is 24.6. The molecule has 2 atom stereocenters. The number of benzene rings is 2. The molecule has 0 aliphatic carbocycles. The average molecular weight is 511 g/mol. The highest BCUT2D eigenvalue weighted by Crippen LogP contribution is 2.38. The first kappa shape index (κ1) is 24.6. The Bertz CT molecular complexity index is 1210. The maximum Gasteiger partial charge on any atom is 0.417 e. The molecule has 1 aliphatic rings. The first-order valence-electron chi connectivity index (χ1n) is 10.7. The number of rotatable bonds is 4. The predicted molar refractivity (Wildman–Crippen MR) is 126 cm³/mol. The van der Waals surface area contributed by atoms with Crippen LogP contribution in [0, 0.1) is 6.92 Å². The molecule has 1 fully saturated rings. The highest BCUT2D eigenvalue weighted by Gasteiger charge is 2.35. The maximum absolute atomic E-state index is 13.4. The molecule has 2 heterocycles. The Hall–Kier alpha value is -2.55. The van der Waals surface area contributed by atoms with E-state index >= 15 is 0 Å². The van der Waals surface area contributed by atoms with Crippen LogP contribution in [-0.2, 0) is 13.2 Å². The number of aryl methyl sites for hydroxylation is 2. The summed E-state index contributed by atoms with van der Waals surface area (Å²) in [7, 11) is 1.79. The molecule has 3 aromatic rings. The van der Waals surface area contributed by atoms with E-state index in [0.717, 1.165) is 22.9 Å². The van der Waals surface area contributed by atoms with E-state index in [9.17, 15) is 18.0 Å². The van der Waals surface area contributed by atoms with Gasteiger partial charge in [0.15, 0.2) is 0 Å². The van der Waals surface area contributed by atoms with Crippen LogP contribution in [0.3, 0.4) is 0 Å². The van der Waals surface area contributed by atoms with Crippen molar-refractivity contribution in [1.82, 2.24) is 20.4 Å². The van der Waals surface area contributed by atoms with E-state index in [-0.39, 0.29) is 22.9 Å². The molecule has 1 aliphatic heterocycles. The van der Waals surface area contributed by atoms with Crippen molar-refractivity contribution in [2.24, 2.45) is 7.05 Å². The second-order valence-corrected chi connectivity index (χ2v) is 9.23. The van der Waals surface area contributed by atoms with Crippen LogP contribution in [0.2, 0.25) is 10.0 Å². The van der Waals surface area contributed by atoms with Crippen LogP contribution in [0.4, 0.5) is 13.2 Å². The Labute approximate surface area is 205 Å². The quantitative estimate of drug-likeness (QED) is 0.480. The van der Waals surface area contributed by atoms with Gasteiger partial charge in [-0.2, -0.15) is 18.3 Å². The number of aromatic nitrogens is 2. The number of nitrogens with one attached hydrogen (secondary N) is 2. The number of halogens is 5. The second-order valence-electron chi connectivity index (χ2n) is 8.41. The molecule has 10 heteroatoms. The summed E-state index contributed by atoms with van der Waals surface area (Å²) in [6.45, 7) is 2.97. The zero-order valence-corrected chi connectivity index (χ0v) is 20.0. The van der Waals surface area contributed by atoms with Gasteiger partial charge in [-0.25, -0.2) is 0 Å². The van der Waals surface area contributed by atoms with Gasteiger partial charge in [-0.3, -0.25) is 9.48 Å². The molecule has 2 aromatic carbocycles. The van der Waals surface area contributed by atoms with Crippen LogP contribution in [0.25, 0.3) is 11.3 Å². The lowest BCUT2D eigenvalue weighted by molar-refractivity contribution is -0.137. The second kappa shape index (κ2) is 9.60. The van der Waals surface area contributed by atoms with E-state index < -0.39 is 11.7 Å². The van der Waals surface area contributed by atoms with Gasteiger partial charge < -0.3 is 10.6 Å². The molecular weight excluding hydrogens is 488 g/mol. The smallest absolute Gasteiger partial charge is 0.347 e. The topological polar surface area (TPSA) is 59.0 Å². The predicted octanol–water partition coefficient (Wildman–Crippen LogP) is 5.60. The van der Waals surface area contributed by atoms with E-state index in [2.05, 4.69) is 15.7 Å². The first-order valence-corrected chi connectivity index (χ1v) is 11.5. The van der Waals surface area contributed by atoms with Crippen molar-refractivity contribution in [3.63, 3.8) is 0 Å². The van der Waals surface area contributed by atoms with Crippen molar-refractivity contribution in [2.45, 2.75) is 31.5 Å². The lowest BCUT2D eigenvalue weighted by atomic mass is 9.85. The van der Waals surface area contributed by atoms with Gasteiger partial charge in [0.25, 0.3) is 5.91 Å². The average Bonchev–Trinajstić information content (AvgIpc) is 3.11. The SMILES string of the molecule is Cc1cc(C(=O)N[C@@H]2CNCCC2c2ccc(Cl)c(C(F)(F)F)c2)ccc1-c1c(Cl)cnn1C. The summed E-state index contributed by atoms with van der Waals surface area (Å²) < 4.78 is 41.8. The Morgan fingerprint density at radius 2 is 1.94 bits per heavy atom. The lowest BCUT2D eigenvalue weighted by Gasteiger charge is -2.33. The summed E-state index contributed by atoms with van der Waals surface area (Å²) >= 11 is 12.0. The molecule has 0 spiro atoms. The molecule has 2 N–H and O–H groups in total. The first-order chi connectivity index (χ1) is 16.1. The Kier molecular flexibility index (Phi) is 6.94. The molecule has 1 saturated heterocycles. The van der Waals surface area contributed by atoms with E-state index in [1.54, 1.807) is 36.1 Å². The maximum atomic E-state index is 13.4. The summed E-state index contributed by atoms with van der Waals surface area (Å²) in [5.74, 6) is -0.577. The van der Waals surface area contributed by atoms with Gasteiger partial charge in [0.2, 0.25) is 0 Å². The fraction of sp³-hybridized carbons (Fsp3) is 0.333. The minimum Gasteiger partial charge on any atom is -0.347 e. The van der Waals surface area contributed by atoms with Crippen molar-refractivity contribution in [3.8, 4) is 11.3 Å². The summed E-state index contributed by atoms with van der Waals surface area (Å²) in [6.07, 6.45) is -2.40. The van der Waals surface area contributed by atoms with Gasteiger partial charge in [0, 0.05) is 36.7 Å². The molecule has 0 bridgehead atoms. The summed E-state index contributed by atoms with van der Waals surface area (Å²) in [6, 6.07) is 8.87.